The molecule has 0 aromatic heterocycles. The first-order chi connectivity index (χ1) is 25.2. The van der Waals surface area contributed by atoms with Crippen LogP contribution in [0.3, 0.4) is 0 Å². The fourth-order valence-electron chi connectivity index (χ4n) is 4.76. The van der Waals surface area contributed by atoms with Gasteiger partial charge in [0.15, 0.2) is 5.60 Å². The number of halogens is 1. The van der Waals surface area contributed by atoms with E-state index < -0.39 is 5.60 Å². The van der Waals surface area contributed by atoms with E-state index >= 15 is 0 Å². The molecule has 0 saturated carbocycles. The van der Waals surface area contributed by atoms with Gasteiger partial charge in [0.05, 0.1) is 0 Å². The topological polar surface area (TPSA) is 96.5 Å². The van der Waals surface area contributed by atoms with Gasteiger partial charge in [-0.3, -0.25) is 14.4 Å². The van der Waals surface area contributed by atoms with E-state index in [1.807, 2.05) is 30.3 Å². The average molecular weight is 728 g/mol. The zero-order chi connectivity index (χ0) is 37.7. The lowest BCUT2D eigenvalue weighted by Crippen LogP contribution is -2.47. The van der Waals surface area contributed by atoms with Crippen LogP contribution in [-0.2, 0) is 16.0 Å². The molecular weight excluding hydrogens is 670 g/mol. The molecule has 2 aromatic carbocycles. The Morgan fingerprint density at radius 2 is 1.17 bits per heavy atom. The summed E-state index contributed by atoms with van der Waals surface area (Å²) in [5.74, 6) is 0.198. The highest BCUT2D eigenvalue weighted by molar-refractivity contribution is 6.30. The van der Waals surface area contributed by atoms with Gasteiger partial charge in [0.25, 0.3) is 11.8 Å². The largest absolute Gasteiger partial charge is 0.478 e. The Morgan fingerprint density at radius 3 is 1.73 bits per heavy atom. The summed E-state index contributed by atoms with van der Waals surface area (Å²) < 4.78 is 5.97. The second-order valence-electron chi connectivity index (χ2n) is 12.7. The van der Waals surface area contributed by atoms with Gasteiger partial charge in [0.2, 0.25) is 5.91 Å². The molecule has 52 heavy (non-hydrogen) atoms. The Labute approximate surface area is 317 Å². The number of hydrogen-bond donors (Lipinski definition) is 3. The Morgan fingerprint density at radius 1 is 0.654 bits per heavy atom. The van der Waals surface area contributed by atoms with E-state index in [2.05, 4.69) is 89.7 Å². The van der Waals surface area contributed by atoms with E-state index in [9.17, 15) is 14.4 Å². The van der Waals surface area contributed by atoms with Gasteiger partial charge in [-0.2, -0.15) is 0 Å². The van der Waals surface area contributed by atoms with Gasteiger partial charge < -0.3 is 20.7 Å². The monoisotopic (exact) mass is 727 g/mol. The summed E-state index contributed by atoms with van der Waals surface area (Å²) in [5, 5.41) is 9.30. The van der Waals surface area contributed by atoms with Crippen molar-refractivity contribution in [2.45, 2.75) is 90.6 Å². The third-order valence-corrected chi connectivity index (χ3v) is 8.00. The SMILES string of the molecule is CCC=CCC=CCC=CCC=CCC=CCC=CCCC(=O)NCCCNC(=O)C(C)(C)Oc1ccc(CCNC(=O)c2ccc(Cl)cc2)cc1. The molecule has 0 atom stereocenters. The van der Waals surface area contributed by atoms with E-state index in [0.717, 1.165) is 44.1 Å². The van der Waals surface area contributed by atoms with E-state index in [1.165, 1.54) is 0 Å². The maximum absolute atomic E-state index is 12.8. The van der Waals surface area contributed by atoms with Crippen LogP contribution in [0.5, 0.6) is 5.75 Å². The molecule has 2 rings (SSSR count). The Bertz CT molecular complexity index is 1500. The van der Waals surface area contributed by atoms with Gasteiger partial charge in [-0.15, -0.1) is 0 Å². The standard InChI is InChI=1S/C44H58ClN3O4/c1-4-5-6-7-8-9-10-11-12-13-14-15-16-17-18-19-20-21-22-24-41(49)46-34-23-35-48-43(51)44(2,3)52-40-31-25-37(26-32-40)33-36-47-42(50)38-27-29-39(45)30-28-38/h5-6,8-9,11-12,14-15,17-18,20-21,25-32H,4,7,10,13,16,19,22-24,33-36H2,1-3H3,(H,46,49)(H,47,50)(H,48,51). The number of rotatable bonds is 25. The number of benzene rings is 2. The van der Waals surface area contributed by atoms with Gasteiger partial charge >= 0.3 is 0 Å². The van der Waals surface area contributed by atoms with E-state index in [4.69, 9.17) is 16.3 Å². The van der Waals surface area contributed by atoms with E-state index in [1.54, 1.807) is 38.1 Å². The quantitative estimate of drug-likeness (QED) is 0.0701. The molecule has 0 radical (unpaired) electrons. The molecule has 2 aromatic rings. The van der Waals surface area contributed by atoms with Gasteiger partial charge in [-0.1, -0.05) is 104 Å². The van der Waals surface area contributed by atoms with Crippen molar-refractivity contribution >= 4 is 29.3 Å². The summed E-state index contributed by atoms with van der Waals surface area (Å²) >= 11 is 5.88. The lowest BCUT2D eigenvalue weighted by atomic mass is 10.1. The third kappa shape index (κ3) is 20.9. The lowest BCUT2D eigenvalue weighted by Gasteiger charge is -2.25. The zero-order valence-corrected chi connectivity index (χ0v) is 32.0. The van der Waals surface area contributed by atoms with Crippen LogP contribution >= 0.6 is 11.6 Å². The van der Waals surface area contributed by atoms with Gasteiger partial charge in [-0.25, -0.2) is 0 Å². The van der Waals surface area contributed by atoms with Crippen molar-refractivity contribution in [1.29, 1.82) is 0 Å². The summed E-state index contributed by atoms with van der Waals surface area (Å²) in [5.41, 5.74) is 0.521. The maximum Gasteiger partial charge on any atom is 0.263 e. The van der Waals surface area contributed by atoms with Gasteiger partial charge in [0.1, 0.15) is 5.75 Å². The molecule has 0 saturated heterocycles. The molecule has 0 bridgehead atoms. The van der Waals surface area contributed by atoms with Crippen molar-refractivity contribution in [1.82, 2.24) is 16.0 Å². The highest BCUT2D eigenvalue weighted by Gasteiger charge is 2.29. The van der Waals surface area contributed by atoms with Crippen molar-refractivity contribution in [3.05, 3.63) is 138 Å². The number of hydrogen-bond acceptors (Lipinski definition) is 4. The second-order valence-corrected chi connectivity index (χ2v) is 13.1. The van der Waals surface area contributed by atoms with Gasteiger partial charge in [-0.05, 0) is 114 Å². The fourth-order valence-corrected chi connectivity index (χ4v) is 4.89. The number of allylic oxidation sites excluding steroid dienone is 12. The molecular formula is C44H58ClN3O4. The molecule has 0 spiro atoms. The molecule has 0 unspecified atom stereocenters. The number of nitrogens with one attached hydrogen (secondary N) is 3. The Hall–Kier alpha value is -4.62. The normalized spacial score (nSPS) is 12.2. The predicted molar refractivity (Wildman–Crippen MR) is 217 cm³/mol. The summed E-state index contributed by atoms with van der Waals surface area (Å²) in [4.78, 5) is 37.2. The first-order valence-corrected chi connectivity index (χ1v) is 18.9. The molecule has 0 fully saturated rings. The van der Waals surface area contributed by atoms with Crippen LogP contribution < -0.4 is 20.7 Å². The first-order valence-electron chi connectivity index (χ1n) is 18.5. The van der Waals surface area contributed by atoms with Crippen LogP contribution in [-0.4, -0.2) is 43.0 Å². The zero-order valence-electron chi connectivity index (χ0n) is 31.3. The molecule has 8 heteroatoms. The minimum absolute atomic E-state index is 0.00176. The highest BCUT2D eigenvalue weighted by Crippen LogP contribution is 2.19. The fraction of sp³-hybridized carbons (Fsp3) is 0.386. The van der Waals surface area contributed by atoms with Crippen LogP contribution in [0, 0.1) is 0 Å². The predicted octanol–water partition coefficient (Wildman–Crippen LogP) is 9.57. The summed E-state index contributed by atoms with van der Waals surface area (Å²) in [6, 6.07) is 14.2. The number of ether oxygens (including phenoxy) is 1. The molecule has 3 N–H and O–H groups in total. The minimum Gasteiger partial charge on any atom is -0.478 e. The number of carbonyl (C=O) groups excluding carboxylic acids is 3. The van der Waals surface area contributed by atoms with Crippen molar-refractivity contribution in [2.24, 2.45) is 0 Å². The van der Waals surface area contributed by atoms with Crippen LogP contribution in [0.1, 0.15) is 94.5 Å². The number of carbonyl (C=O) groups is 3. The van der Waals surface area contributed by atoms with Gasteiger partial charge in [0, 0.05) is 36.6 Å². The summed E-state index contributed by atoms with van der Waals surface area (Å²) in [7, 11) is 0. The highest BCUT2D eigenvalue weighted by atomic mass is 35.5. The van der Waals surface area contributed by atoms with Crippen LogP contribution in [0.2, 0.25) is 5.02 Å². The molecule has 0 aliphatic heterocycles. The molecule has 3 amide bonds. The van der Waals surface area contributed by atoms with Crippen LogP contribution in [0.4, 0.5) is 0 Å². The van der Waals surface area contributed by atoms with E-state index in [0.29, 0.717) is 61.7 Å². The lowest BCUT2D eigenvalue weighted by molar-refractivity contribution is -0.134. The van der Waals surface area contributed by atoms with E-state index in [-0.39, 0.29) is 17.7 Å². The number of amides is 3. The molecule has 0 aliphatic rings. The molecule has 0 heterocycles. The van der Waals surface area contributed by atoms with Crippen LogP contribution in [0.15, 0.2) is 121 Å². The molecule has 280 valence electrons. The summed E-state index contributed by atoms with van der Waals surface area (Å²) in [6.07, 6.45) is 34.2. The van der Waals surface area contributed by atoms with Crippen molar-refractivity contribution < 1.29 is 19.1 Å². The van der Waals surface area contributed by atoms with Crippen molar-refractivity contribution in [3.8, 4) is 5.75 Å². The maximum atomic E-state index is 12.8. The molecule has 0 aliphatic carbocycles. The Balaban J connectivity index is 1.49. The molecule has 7 nitrogen and oxygen atoms in total. The first kappa shape index (κ1) is 43.5. The second kappa shape index (κ2) is 27.1. The van der Waals surface area contributed by atoms with Crippen LogP contribution in [0.25, 0.3) is 0 Å². The third-order valence-electron chi connectivity index (χ3n) is 7.74. The minimum atomic E-state index is -1.07. The smallest absolute Gasteiger partial charge is 0.263 e. The van der Waals surface area contributed by atoms with Crippen molar-refractivity contribution in [3.63, 3.8) is 0 Å². The van der Waals surface area contributed by atoms with Crippen molar-refractivity contribution in [2.75, 3.05) is 19.6 Å². The Kier molecular flexibility index (Phi) is 22.7. The summed E-state index contributed by atoms with van der Waals surface area (Å²) in [6.45, 7) is 7.00. The average Bonchev–Trinajstić information content (AvgIpc) is 3.13.